The van der Waals surface area contributed by atoms with E-state index in [4.69, 9.17) is 9.47 Å². The molecule has 0 aromatic carbocycles. The van der Waals surface area contributed by atoms with E-state index < -0.39 is 0 Å². The van der Waals surface area contributed by atoms with Gasteiger partial charge in [-0.1, -0.05) is 6.92 Å². The largest absolute Gasteiger partial charge is 0.378 e. The van der Waals surface area contributed by atoms with Gasteiger partial charge in [-0.25, -0.2) is 0 Å². The van der Waals surface area contributed by atoms with Gasteiger partial charge < -0.3 is 9.47 Å². The van der Waals surface area contributed by atoms with Crippen molar-refractivity contribution in [3.05, 3.63) is 0 Å². The van der Waals surface area contributed by atoms with E-state index >= 15 is 0 Å². The summed E-state index contributed by atoms with van der Waals surface area (Å²) in [6, 6.07) is 0. The van der Waals surface area contributed by atoms with Gasteiger partial charge in [0.1, 0.15) is 6.23 Å². The van der Waals surface area contributed by atoms with Crippen LogP contribution in [0.15, 0.2) is 0 Å². The minimum Gasteiger partial charge on any atom is -0.378 e. The third kappa shape index (κ3) is 5.52. The van der Waals surface area contributed by atoms with E-state index in [2.05, 4.69) is 6.92 Å². The van der Waals surface area contributed by atoms with E-state index in [0.717, 1.165) is 19.6 Å². The first-order valence-corrected chi connectivity index (χ1v) is 4.58. The van der Waals surface area contributed by atoms with Crippen LogP contribution in [0.5, 0.6) is 0 Å². The van der Waals surface area contributed by atoms with Crippen molar-refractivity contribution in [2.24, 2.45) is 0 Å². The van der Waals surface area contributed by atoms with E-state index in [1.807, 2.05) is 25.9 Å². The molecule has 0 spiro atoms. The molecule has 0 amide bonds. The molecule has 3 nitrogen and oxygen atoms in total. The van der Waals surface area contributed by atoms with Crippen LogP contribution >= 0.6 is 0 Å². The molecule has 12 heavy (non-hydrogen) atoms. The van der Waals surface area contributed by atoms with Crippen LogP contribution in [0, 0.1) is 0 Å². The Balaban J connectivity index is 3.55. The lowest BCUT2D eigenvalue weighted by Crippen LogP contribution is -2.35. The molecule has 1 atom stereocenters. The molecule has 0 saturated heterocycles. The SMILES string of the molecule is CCCOC(COCC)N(C)C. The molecule has 74 valence electrons. The zero-order valence-electron chi connectivity index (χ0n) is 8.67. The fourth-order valence-corrected chi connectivity index (χ4v) is 0.819. The molecule has 0 aliphatic heterocycles. The molecule has 3 heteroatoms. The highest BCUT2D eigenvalue weighted by atomic mass is 16.5. The van der Waals surface area contributed by atoms with Crippen LogP contribution in [-0.2, 0) is 9.47 Å². The number of hydrogen-bond donors (Lipinski definition) is 0. The quantitative estimate of drug-likeness (QED) is 0.545. The van der Waals surface area contributed by atoms with Gasteiger partial charge in [-0.3, -0.25) is 4.90 Å². The maximum atomic E-state index is 5.56. The van der Waals surface area contributed by atoms with Crippen molar-refractivity contribution in [3.8, 4) is 0 Å². The Morgan fingerprint density at radius 2 is 1.92 bits per heavy atom. The van der Waals surface area contributed by atoms with Gasteiger partial charge in [-0.2, -0.15) is 0 Å². The van der Waals surface area contributed by atoms with E-state index in [0.29, 0.717) is 6.61 Å². The zero-order valence-corrected chi connectivity index (χ0v) is 8.67. The fourth-order valence-electron chi connectivity index (χ4n) is 0.819. The van der Waals surface area contributed by atoms with Crippen LogP contribution in [0.3, 0.4) is 0 Å². The number of ether oxygens (including phenoxy) is 2. The average molecular weight is 175 g/mol. The first-order valence-electron chi connectivity index (χ1n) is 4.58. The van der Waals surface area contributed by atoms with Gasteiger partial charge in [0.05, 0.1) is 6.61 Å². The van der Waals surface area contributed by atoms with Crippen molar-refractivity contribution in [1.82, 2.24) is 4.90 Å². The molecule has 0 heterocycles. The molecule has 0 N–H and O–H groups in total. The third-order valence-electron chi connectivity index (χ3n) is 1.55. The summed E-state index contributed by atoms with van der Waals surface area (Å²) in [5.74, 6) is 0. The van der Waals surface area contributed by atoms with E-state index in [1.165, 1.54) is 0 Å². The van der Waals surface area contributed by atoms with Crippen molar-refractivity contribution in [3.63, 3.8) is 0 Å². The van der Waals surface area contributed by atoms with Gasteiger partial charge in [0.15, 0.2) is 0 Å². The lowest BCUT2D eigenvalue weighted by Gasteiger charge is -2.23. The van der Waals surface area contributed by atoms with E-state index in [1.54, 1.807) is 0 Å². The van der Waals surface area contributed by atoms with Crippen LogP contribution in [0.1, 0.15) is 20.3 Å². The number of rotatable bonds is 7. The second-order valence-corrected chi connectivity index (χ2v) is 2.95. The van der Waals surface area contributed by atoms with E-state index in [9.17, 15) is 0 Å². The Morgan fingerprint density at radius 1 is 1.25 bits per heavy atom. The third-order valence-corrected chi connectivity index (χ3v) is 1.55. The van der Waals surface area contributed by atoms with Crippen molar-refractivity contribution >= 4 is 0 Å². The second-order valence-electron chi connectivity index (χ2n) is 2.95. The van der Waals surface area contributed by atoms with Crippen LogP contribution < -0.4 is 0 Å². The monoisotopic (exact) mass is 175 g/mol. The van der Waals surface area contributed by atoms with Gasteiger partial charge in [0, 0.05) is 13.2 Å². The maximum Gasteiger partial charge on any atom is 0.133 e. The Kier molecular flexibility index (Phi) is 7.45. The normalized spacial score (nSPS) is 13.8. The lowest BCUT2D eigenvalue weighted by atomic mass is 10.5. The molecule has 0 rings (SSSR count). The Hall–Kier alpha value is -0.120. The molecule has 0 radical (unpaired) electrons. The summed E-state index contributed by atoms with van der Waals surface area (Å²) in [5.41, 5.74) is 0. The summed E-state index contributed by atoms with van der Waals surface area (Å²) < 4.78 is 10.8. The standard InChI is InChI=1S/C9H21NO2/c1-5-7-12-9(10(3)4)8-11-6-2/h9H,5-8H2,1-4H3. The number of likely N-dealkylation sites (N-methyl/N-ethyl adjacent to an activating group) is 1. The lowest BCUT2D eigenvalue weighted by molar-refractivity contribution is -0.0826. The van der Waals surface area contributed by atoms with Gasteiger partial charge in [0.25, 0.3) is 0 Å². The predicted octanol–water partition coefficient (Wildman–Crippen LogP) is 1.34. The number of hydrogen-bond acceptors (Lipinski definition) is 3. The first kappa shape index (κ1) is 11.9. The molecule has 0 saturated carbocycles. The highest BCUT2D eigenvalue weighted by Gasteiger charge is 2.10. The molecule has 0 fully saturated rings. The van der Waals surface area contributed by atoms with Crippen molar-refractivity contribution in [1.29, 1.82) is 0 Å². The van der Waals surface area contributed by atoms with Gasteiger partial charge in [0.2, 0.25) is 0 Å². The Bertz CT molecular complexity index is 88.5. The molecule has 0 aromatic rings. The maximum absolute atomic E-state index is 5.56. The molecule has 0 aliphatic rings. The van der Waals surface area contributed by atoms with Crippen LogP contribution in [0.4, 0.5) is 0 Å². The topological polar surface area (TPSA) is 21.7 Å². The van der Waals surface area contributed by atoms with E-state index in [-0.39, 0.29) is 6.23 Å². The Morgan fingerprint density at radius 3 is 2.33 bits per heavy atom. The molecular formula is C9H21NO2. The smallest absolute Gasteiger partial charge is 0.133 e. The summed E-state index contributed by atoms with van der Waals surface area (Å²) >= 11 is 0. The second kappa shape index (κ2) is 7.53. The minimum absolute atomic E-state index is 0.102. The summed E-state index contributed by atoms with van der Waals surface area (Å²) in [6.07, 6.45) is 1.15. The van der Waals surface area contributed by atoms with Crippen molar-refractivity contribution < 1.29 is 9.47 Å². The fraction of sp³-hybridized carbons (Fsp3) is 1.00. The molecule has 1 unspecified atom stereocenters. The van der Waals surface area contributed by atoms with Crippen LogP contribution in [-0.4, -0.2) is 45.0 Å². The average Bonchev–Trinajstić information content (AvgIpc) is 2.04. The zero-order chi connectivity index (χ0) is 9.40. The molecule has 0 bridgehead atoms. The molecular weight excluding hydrogens is 154 g/mol. The molecule has 0 aromatic heterocycles. The van der Waals surface area contributed by atoms with Crippen molar-refractivity contribution in [2.45, 2.75) is 26.5 Å². The summed E-state index contributed by atoms with van der Waals surface area (Å²) in [4.78, 5) is 2.03. The van der Waals surface area contributed by atoms with Crippen LogP contribution in [0.25, 0.3) is 0 Å². The highest BCUT2D eigenvalue weighted by Crippen LogP contribution is 1.97. The summed E-state index contributed by atoms with van der Waals surface area (Å²) in [6.45, 7) is 6.30. The number of nitrogens with zero attached hydrogens (tertiary/aromatic N) is 1. The summed E-state index contributed by atoms with van der Waals surface area (Å²) in [5, 5.41) is 0. The van der Waals surface area contributed by atoms with Gasteiger partial charge in [-0.05, 0) is 27.4 Å². The van der Waals surface area contributed by atoms with Crippen LogP contribution in [0.2, 0.25) is 0 Å². The van der Waals surface area contributed by atoms with Crippen molar-refractivity contribution in [2.75, 3.05) is 33.9 Å². The highest BCUT2D eigenvalue weighted by molar-refractivity contribution is 4.51. The summed E-state index contributed by atoms with van der Waals surface area (Å²) in [7, 11) is 4.00. The van der Waals surface area contributed by atoms with Gasteiger partial charge >= 0.3 is 0 Å². The predicted molar refractivity (Wildman–Crippen MR) is 50.2 cm³/mol. The minimum atomic E-state index is 0.102. The molecule has 0 aliphatic carbocycles. The first-order chi connectivity index (χ1) is 5.72. The van der Waals surface area contributed by atoms with Gasteiger partial charge in [-0.15, -0.1) is 0 Å². The Labute approximate surface area is 75.6 Å².